The van der Waals surface area contributed by atoms with E-state index >= 15 is 0 Å². The maximum atomic E-state index is 11.0. The highest BCUT2D eigenvalue weighted by Crippen LogP contribution is 2.29. The number of azo groups is 1. The summed E-state index contributed by atoms with van der Waals surface area (Å²) in [4.78, 5) is 23.2. The number of carbonyl (C=O) groups excluding carboxylic acids is 1. The lowest BCUT2D eigenvalue weighted by molar-refractivity contribution is -0.384. The molecule has 2 aromatic carbocycles. The molecule has 2 aromatic rings. The second-order valence-electron chi connectivity index (χ2n) is 6.48. The van der Waals surface area contributed by atoms with Gasteiger partial charge in [-0.15, -0.1) is 5.11 Å². The predicted octanol–water partition coefficient (Wildman–Crippen LogP) is 4.47. The number of carbonyl (C=O) groups is 1. The third-order valence-electron chi connectivity index (χ3n) is 4.28. The molecule has 31 heavy (non-hydrogen) atoms. The molecule has 10 nitrogen and oxygen atoms in total. The first kappa shape index (κ1) is 23.0. The molecule has 0 saturated heterocycles. The summed E-state index contributed by atoms with van der Waals surface area (Å²) in [5, 5.41) is 37.2. The van der Waals surface area contributed by atoms with Gasteiger partial charge in [0.1, 0.15) is 18.4 Å². The van der Waals surface area contributed by atoms with E-state index in [1.54, 1.807) is 6.07 Å². The van der Waals surface area contributed by atoms with E-state index in [4.69, 9.17) is 10.00 Å². The average molecular weight is 420 g/mol. The van der Waals surface area contributed by atoms with Crippen LogP contribution in [0.3, 0.4) is 0 Å². The van der Waals surface area contributed by atoms with Crippen LogP contribution in [0.15, 0.2) is 46.6 Å². The monoisotopic (exact) mass is 420 g/mol. The van der Waals surface area contributed by atoms with Gasteiger partial charge in [0.25, 0.3) is 5.69 Å². The normalized spacial score (nSPS) is 10.3. The van der Waals surface area contributed by atoms with Gasteiger partial charge in [0, 0.05) is 31.3 Å². The molecule has 0 aliphatic heterocycles. The zero-order chi connectivity index (χ0) is 22.8. The summed E-state index contributed by atoms with van der Waals surface area (Å²) in [5.74, 6) is -0.366. The van der Waals surface area contributed by atoms with Gasteiger partial charge in [-0.3, -0.25) is 14.9 Å². The number of nitro benzene ring substituents is 1. The van der Waals surface area contributed by atoms with Gasteiger partial charge < -0.3 is 9.64 Å². The lowest BCUT2D eigenvalue weighted by atomic mass is 10.1. The maximum Gasteiger partial charge on any atom is 0.302 e. The third kappa shape index (κ3) is 6.61. The Kier molecular flexibility index (Phi) is 8.17. The molecule has 0 unspecified atom stereocenters. The number of non-ortho nitro benzene ring substituents is 1. The minimum absolute atomic E-state index is 0.0559. The van der Waals surface area contributed by atoms with Crippen molar-refractivity contribution in [3.8, 4) is 12.1 Å². The van der Waals surface area contributed by atoms with Gasteiger partial charge >= 0.3 is 5.97 Å². The number of anilines is 1. The van der Waals surface area contributed by atoms with E-state index in [2.05, 4.69) is 16.3 Å². The minimum atomic E-state index is -0.579. The van der Waals surface area contributed by atoms with Gasteiger partial charge in [0.2, 0.25) is 0 Å². The number of nitro groups is 1. The van der Waals surface area contributed by atoms with Crippen LogP contribution in [0.25, 0.3) is 0 Å². The fraction of sp³-hybridized carbons (Fsp3) is 0.286. The molecule has 0 atom stereocenters. The van der Waals surface area contributed by atoms with Crippen molar-refractivity contribution in [2.45, 2.75) is 20.3 Å². The Morgan fingerprint density at radius 2 is 1.87 bits per heavy atom. The summed E-state index contributed by atoms with van der Waals surface area (Å²) in [6.07, 6.45) is 0.317. The lowest BCUT2D eigenvalue weighted by Gasteiger charge is -2.24. The first-order valence-electron chi connectivity index (χ1n) is 9.32. The second-order valence-corrected chi connectivity index (χ2v) is 6.48. The molecular weight excluding hydrogens is 400 g/mol. The quantitative estimate of drug-likeness (QED) is 0.252. The van der Waals surface area contributed by atoms with Gasteiger partial charge in [-0.1, -0.05) is 0 Å². The van der Waals surface area contributed by atoms with Crippen molar-refractivity contribution in [1.29, 1.82) is 10.5 Å². The molecule has 0 heterocycles. The summed E-state index contributed by atoms with van der Waals surface area (Å²) in [6.45, 7) is 4.31. The topological polar surface area (TPSA) is 145 Å². The van der Waals surface area contributed by atoms with E-state index < -0.39 is 4.92 Å². The number of rotatable bonds is 9. The van der Waals surface area contributed by atoms with Crippen LogP contribution in [-0.2, 0) is 9.53 Å². The molecule has 0 fully saturated rings. The number of nitrogens with zero attached hydrogens (tertiary/aromatic N) is 6. The maximum absolute atomic E-state index is 11.0. The van der Waals surface area contributed by atoms with Crippen LogP contribution in [0.5, 0.6) is 0 Å². The van der Waals surface area contributed by atoms with Crippen LogP contribution >= 0.6 is 0 Å². The summed E-state index contributed by atoms with van der Waals surface area (Å²) in [7, 11) is 0. The van der Waals surface area contributed by atoms with Crippen molar-refractivity contribution in [3.63, 3.8) is 0 Å². The average Bonchev–Trinajstić information content (AvgIpc) is 2.74. The standard InChI is InChI=1S/C21H20N6O4/c1-15-12-18(26(9-3-8-22)10-11-31-16(2)28)4-6-20(15)24-25-21-7-5-19(27(29)30)13-17(21)14-23/h4-7,12-13H,3,9-11H2,1-2H3. The zero-order valence-corrected chi connectivity index (χ0v) is 17.1. The Balaban J connectivity index is 2.22. The highest BCUT2D eigenvalue weighted by atomic mass is 16.6. The van der Waals surface area contributed by atoms with Crippen LogP contribution in [-0.4, -0.2) is 30.6 Å². The first-order valence-corrected chi connectivity index (χ1v) is 9.32. The zero-order valence-electron chi connectivity index (χ0n) is 17.1. The van der Waals surface area contributed by atoms with Gasteiger partial charge in [-0.2, -0.15) is 15.6 Å². The van der Waals surface area contributed by atoms with Crippen LogP contribution in [0.4, 0.5) is 22.7 Å². The Bertz CT molecular complexity index is 1080. The fourth-order valence-electron chi connectivity index (χ4n) is 2.73. The Hall–Kier alpha value is -4.31. The number of ether oxygens (including phenoxy) is 1. The number of hydrogen-bond donors (Lipinski definition) is 0. The van der Waals surface area contributed by atoms with Crippen molar-refractivity contribution >= 4 is 28.7 Å². The molecule has 0 spiro atoms. The Morgan fingerprint density at radius 3 is 2.48 bits per heavy atom. The summed E-state index contributed by atoms with van der Waals surface area (Å²) in [6, 6.07) is 13.2. The van der Waals surface area contributed by atoms with E-state index in [0.717, 1.165) is 17.3 Å². The summed E-state index contributed by atoms with van der Waals surface area (Å²) in [5.41, 5.74) is 2.30. The smallest absolute Gasteiger partial charge is 0.302 e. The van der Waals surface area contributed by atoms with E-state index in [-0.39, 0.29) is 29.5 Å². The van der Waals surface area contributed by atoms with Gasteiger partial charge in [0.05, 0.1) is 35.2 Å². The van der Waals surface area contributed by atoms with Gasteiger partial charge in [0.15, 0.2) is 0 Å². The van der Waals surface area contributed by atoms with E-state index in [0.29, 0.717) is 25.2 Å². The largest absolute Gasteiger partial charge is 0.464 e. The highest BCUT2D eigenvalue weighted by Gasteiger charge is 2.12. The Morgan fingerprint density at radius 1 is 1.16 bits per heavy atom. The number of hydrogen-bond acceptors (Lipinski definition) is 9. The van der Waals surface area contributed by atoms with Crippen LogP contribution in [0.2, 0.25) is 0 Å². The van der Waals surface area contributed by atoms with Crippen LogP contribution in [0, 0.1) is 39.7 Å². The molecular formula is C21H20N6O4. The van der Waals surface area contributed by atoms with Crippen molar-refractivity contribution in [1.82, 2.24) is 0 Å². The molecule has 0 saturated carbocycles. The molecule has 10 heteroatoms. The molecule has 0 N–H and O–H groups in total. The molecule has 0 amide bonds. The predicted molar refractivity (Wildman–Crippen MR) is 112 cm³/mol. The molecule has 0 aromatic heterocycles. The summed E-state index contributed by atoms with van der Waals surface area (Å²) >= 11 is 0. The highest BCUT2D eigenvalue weighted by molar-refractivity contribution is 5.66. The molecule has 0 radical (unpaired) electrons. The van der Waals surface area contributed by atoms with Crippen LogP contribution in [0.1, 0.15) is 24.5 Å². The molecule has 158 valence electrons. The Labute approximate surface area is 179 Å². The van der Waals surface area contributed by atoms with Gasteiger partial charge in [-0.05, 0) is 36.8 Å². The summed E-state index contributed by atoms with van der Waals surface area (Å²) < 4.78 is 4.99. The molecule has 0 aliphatic rings. The SMILES string of the molecule is CC(=O)OCCN(CCC#N)c1ccc(N=Nc2ccc([N+](=O)[O-])cc2C#N)c(C)c1. The lowest BCUT2D eigenvalue weighted by Crippen LogP contribution is -2.29. The number of aryl methyl sites for hydroxylation is 1. The first-order chi connectivity index (χ1) is 14.8. The van der Waals surface area contributed by atoms with Crippen molar-refractivity contribution in [2.24, 2.45) is 10.2 Å². The number of esters is 1. The van der Waals surface area contributed by atoms with Crippen molar-refractivity contribution < 1.29 is 14.5 Å². The third-order valence-corrected chi connectivity index (χ3v) is 4.28. The minimum Gasteiger partial charge on any atom is -0.464 e. The van der Waals surface area contributed by atoms with Crippen molar-refractivity contribution in [2.75, 3.05) is 24.6 Å². The van der Waals surface area contributed by atoms with Gasteiger partial charge in [-0.25, -0.2) is 0 Å². The van der Waals surface area contributed by atoms with Crippen molar-refractivity contribution in [3.05, 3.63) is 57.6 Å². The molecule has 0 aliphatic carbocycles. The molecule has 2 rings (SSSR count). The van der Waals surface area contributed by atoms with E-state index in [1.807, 2.05) is 30.0 Å². The molecule has 0 bridgehead atoms. The number of benzene rings is 2. The van der Waals surface area contributed by atoms with Crippen LogP contribution < -0.4 is 4.90 Å². The fourth-order valence-corrected chi connectivity index (χ4v) is 2.73. The second kappa shape index (κ2) is 11.0. The van der Waals surface area contributed by atoms with E-state index in [9.17, 15) is 20.2 Å². The number of nitriles is 2. The van der Waals surface area contributed by atoms with E-state index in [1.165, 1.54) is 19.1 Å².